The number of fused-ring (bicyclic) bond motifs is 2. The molecule has 1 fully saturated rings. The minimum absolute atomic E-state index is 0. The van der Waals surface area contributed by atoms with Crippen LogP contribution >= 0.6 is 48.3 Å². The third-order valence-electron chi connectivity index (χ3n) is 5.66. The van der Waals surface area contributed by atoms with Crippen molar-refractivity contribution in [3.8, 4) is 0 Å². The first-order chi connectivity index (χ1) is 13.3. The van der Waals surface area contributed by atoms with Crippen molar-refractivity contribution < 1.29 is 5.11 Å². The highest BCUT2D eigenvalue weighted by molar-refractivity contribution is 7.99. The van der Waals surface area contributed by atoms with Gasteiger partial charge in [0.15, 0.2) is 0 Å². The summed E-state index contributed by atoms with van der Waals surface area (Å²) in [6.45, 7) is 5.71. The molecule has 1 unspecified atom stereocenters. The largest absolute Gasteiger partial charge is 0.396 e. The van der Waals surface area contributed by atoms with E-state index >= 15 is 0 Å². The van der Waals surface area contributed by atoms with Gasteiger partial charge in [0.25, 0.3) is 0 Å². The number of rotatable bonds is 5. The van der Waals surface area contributed by atoms with E-state index in [2.05, 4.69) is 58.5 Å². The van der Waals surface area contributed by atoms with Crippen molar-refractivity contribution in [1.82, 2.24) is 9.80 Å². The SMILES string of the molecule is CSc1ccc2c(c1)C(N1CCN(CCCO)CC1)Cc1ccccc1S2.Cl.Cl. The molecule has 2 aromatic carbocycles. The van der Waals surface area contributed by atoms with E-state index in [1.807, 2.05) is 23.5 Å². The van der Waals surface area contributed by atoms with Crippen LogP contribution in [0.25, 0.3) is 0 Å². The quantitative estimate of drug-likeness (QED) is 0.617. The molecule has 0 aromatic heterocycles. The number of thioether (sulfide) groups is 1. The van der Waals surface area contributed by atoms with Gasteiger partial charge in [-0.15, -0.1) is 36.6 Å². The first-order valence-electron chi connectivity index (χ1n) is 9.79. The van der Waals surface area contributed by atoms with E-state index in [1.54, 1.807) is 0 Å². The van der Waals surface area contributed by atoms with Gasteiger partial charge in [0.2, 0.25) is 0 Å². The van der Waals surface area contributed by atoms with E-state index in [4.69, 9.17) is 5.11 Å². The molecule has 1 saturated heterocycles. The molecule has 2 heterocycles. The Morgan fingerprint density at radius 3 is 2.52 bits per heavy atom. The summed E-state index contributed by atoms with van der Waals surface area (Å²) in [4.78, 5) is 9.34. The van der Waals surface area contributed by atoms with Crippen LogP contribution in [0.3, 0.4) is 0 Å². The summed E-state index contributed by atoms with van der Waals surface area (Å²) < 4.78 is 0. The van der Waals surface area contributed by atoms with E-state index in [0.29, 0.717) is 12.6 Å². The Morgan fingerprint density at radius 2 is 1.79 bits per heavy atom. The first kappa shape index (κ1) is 24.9. The molecule has 160 valence electrons. The van der Waals surface area contributed by atoms with E-state index in [-0.39, 0.29) is 24.8 Å². The first-order valence-corrected chi connectivity index (χ1v) is 11.8. The molecule has 29 heavy (non-hydrogen) atoms. The van der Waals surface area contributed by atoms with E-state index in [1.165, 1.54) is 25.8 Å². The van der Waals surface area contributed by atoms with Gasteiger partial charge in [0.05, 0.1) is 0 Å². The molecule has 7 heteroatoms. The zero-order chi connectivity index (χ0) is 18.6. The van der Waals surface area contributed by atoms with Gasteiger partial charge in [-0.3, -0.25) is 4.90 Å². The monoisotopic (exact) mass is 472 g/mol. The van der Waals surface area contributed by atoms with E-state index in [0.717, 1.165) is 45.6 Å². The molecular weight excluding hydrogens is 443 g/mol. The fourth-order valence-electron chi connectivity index (χ4n) is 4.13. The molecule has 2 aliphatic rings. The number of hydrogen-bond acceptors (Lipinski definition) is 5. The molecule has 0 radical (unpaired) electrons. The molecule has 0 bridgehead atoms. The molecule has 1 N–H and O–H groups in total. The topological polar surface area (TPSA) is 26.7 Å². The molecule has 3 nitrogen and oxygen atoms in total. The minimum atomic E-state index is 0. The predicted octanol–water partition coefficient (Wildman–Crippen LogP) is 5.00. The molecule has 0 saturated carbocycles. The summed E-state index contributed by atoms with van der Waals surface area (Å²) >= 11 is 3.76. The number of nitrogens with zero attached hydrogens (tertiary/aromatic N) is 2. The summed E-state index contributed by atoms with van der Waals surface area (Å²) in [7, 11) is 0. The minimum Gasteiger partial charge on any atom is -0.396 e. The van der Waals surface area contributed by atoms with Crippen LogP contribution in [0.2, 0.25) is 0 Å². The van der Waals surface area contributed by atoms with Crippen LogP contribution in [0.1, 0.15) is 23.6 Å². The number of hydrogen-bond donors (Lipinski definition) is 1. The van der Waals surface area contributed by atoms with Gasteiger partial charge in [-0.2, -0.15) is 0 Å². The Hall–Kier alpha value is -0.400. The van der Waals surface area contributed by atoms with Gasteiger partial charge >= 0.3 is 0 Å². The fourth-order valence-corrected chi connectivity index (χ4v) is 5.70. The van der Waals surface area contributed by atoms with Crippen LogP contribution in [0.5, 0.6) is 0 Å². The fraction of sp³-hybridized carbons (Fsp3) is 0.455. The Labute approximate surface area is 195 Å². The van der Waals surface area contributed by atoms with Gasteiger partial charge < -0.3 is 10.0 Å². The summed E-state index contributed by atoms with van der Waals surface area (Å²) in [6, 6.07) is 16.3. The van der Waals surface area contributed by atoms with E-state index < -0.39 is 0 Å². The summed E-state index contributed by atoms with van der Waals surface area (Å²) in [5, 5.41) is 9.09. The smallest absolute Gasteiger partial charge is 0.0443 e. The predicted molar refractivity (Wildman–Crippen MR) is 129 cm³/mol. The van der Waals surface area contributed by atoms with E-state index in [9.17, 15) is 0 Å². The summed E-state index contributed by atoms with van der Waals surface area (Å²) in [5.74, 6) is 0. The van der Waals surface area contributed by atoms with Gasteiger partial charge in [0, 0.05) is 60.1 Å². The lowest BCUT2D eigenvalue weighted by Gasteiger charge is -2.39. The van der Waals surface area contributed by atoms with Gasteiger partial charge in [0.1, 0.15) is 0 Å². The van der Waals surface area contributed by atoms with Crippen LogP contribution < -0.4 is 0 Å². The number of aliphatic hydroxyl groups excluding tert-OH is 1. The molecule has 4 rings (SSSR count). The lowest BCUT2D eigenvalue weighted by molar-refractivity contribution is 0.0898. The molecular formula is C22H30Cl2N2OS2. The maximum atomic E-state index is 9.09. The van der Waals surface area contributed by atoms with Crippen molar-refractivity contribution in [2.45, 2.75) is 33.6 Å². The zero-order valence-electron chi connectivity index (χ0n) is 16.8. The summed E-state index contributed by atoms with van der Waals surface area (Å²) in [6.07, 6.45) is 4.13. The van der Waals surface area contributed by atoms with Crippen LogP contribution in [-0.2, 0) is 6.42 Å². The highest BCUT2D eigenvalue weighted by Gasteiger charge is 2.30. The normalized spacial score (nSPS) is 19.3. The Bertz CT molecular complexity index is 785. The third kappa shape index (κ3) is 5.85. The van der Waals surface area contributed by atoms with Gasteiger partial charge in [-0.1, -0.05) is 30.0 Å². The molecule has 2 aliphatic heterocycles. The molecule has 0 amide bonds. The van der Waals surface area contributed by atoms with Gasteiger partial charge in [-0.25, -0.2) is 0 Å². The maximum absolute atomic E-state index is 9.09. The average Bonchev–Trinajstić information content (AvgIpc) is 2.88. The van der Waals surface area contributed by atoms with Gasteiger partial charge in [-0.05, 0) is 54.5 Å². The van der Waals surface area contributed by atoms with Crippen molar-refractivity contribution in [2.24, 2.45) is 0 Å². The van der Waals surface area contributed by atoms with Crippen LogP contribution in [-0.4, -0.2) is 60.5 Å². The zero-order valence-corrected chi connectivity index (χ0v) is 20.0. The summed E-state index contributed by atoms with van der Waals surface area (Å²) in [5.41, 5.74) is 2.96. The van der Waals surface area contributed by atoms with Crippen LogP contribution in [0.15, 0.2) is 57.2 Å². The number of piperazine rings is 1. The molecule has 2 aromatic rings. The highest BCUT2D eigenvalue weighted by Crippen LogP contribution is 2.44. The number of benzene rings is 2. The third-order valence-corrected chi connectivity index (χ3v) is 7.60. The number of halogens is 2. The van der Waals surface area contributed by atoms with Crippen LogP contribution in [0, 0.1) is 0 Å². The Balaban J connectivity index is 0.00000150. The van der Waals surface area contributed by atoms with Crippen molar-refractivity contribution in [3.63, 3.8) is 0 Å². The van der Waals surface area contributed by atoms with Crippen molar-refractivity contribution >= 4 is 48.3 Å². The molecule has 0 spiro atoms. The van der Waals surface area contributed by atoms with Crippen molar-refractivity contribution in [1.29, 1.82) is 0 Å². The van der Waals surface area contributed by atoms with Crippen LogP contribution in [0.4, 0.5) is 0 Å². The highest BCUT2D eigenvalue weighted by atomic mass is 35.5. The lowest BCUT2D eigenvalue weighted by Crippen LogP contribution is -2.48. The standard InChI is InChI=1S/C22H28N2OS2.2ClH/c1-26-18-7-8-22-19(16-18)20(15-17-5-2-3-6-21(17)27-22)24-12-10-23(11-13-24)9-4-14-25;;/h2-3,5-8,16,20,25H,4,9-15H2,1H3;2*1H. The second-order valence-corrected chi connectivity index (χ2v) is 9.25. The second kappa shape index (κ2) is 11.8. The lowest BCUT2D eigenvalue weighted by atomic mass is 9.96. The molecule has 0 aliphatic carbocycles. The Kier molecular flexibility index (Phi) is 10.2. The second-order valence-electron chi connectivity index (χ2n) is 7.29. The van der Waals surface area contributed by atoms with Crippen molar-refractivity contribution in [3.05, 3.63) is 53.6 Å². The maximum Gasteiger partial charge on any atom is 0.0443 e. The molecule has 1 atom stereocenters. The van der Waals surface area contributed by atoms with Crippen molar-refractivity contribution in [2.75, 3.05) is 45.6 Å². The average molecular weight is 474 g/mol. The Morgan fingerprint density at radius 1 is 1.03 bits per heavy atom. The number of aliphatic hydroxyl groups is 1.